The van der Waals surface area contributed by atoms with Crippen LogP contribution in [0.3, 0.4) is 0 Å². The maximum Gasteiger partial charge on any atom is 0.0645 e. The first-order valence-corrected chi connectivity index (χ1v) is 15.9. The highest BCUT2D eigenvalue weighted by molar-refractivity contribution is 6.26. The zero-order chi connectivity index (χ0) is 40.7. The number of para-hydroxylation sites is 5. The summed E-state index contributed by atoms with van der Waals surface area (Å²) in [6.45, 7) is 4.41. The number of anilines is 3. The van der Waals surface area contributed by atoms with E-state index in [1.807, 2.05) is 54.6 Å². The van der Waals surface area contributed by atoms with E-state index in [4.69, 9.17) is 8.22 Å². The Morgan fingerprint density at radius 1 is 0.479 bits per heavy atom. The molecule has 0 amide bonds. The molecule has 0 aliphatic carbocycles. The van der Waals surface area contributed by atoms with Gasteiger partial charge in [0.15, 0.2) is 0 Å². The molecule has 228 valence electrons. The van der Waals surface area contributed by atoms with Crippen molar-refractivity contribution in [2.24, 2.45) is 0 Å². The summed E-state index contributed by atoms with van der Waals surface area (Å²) < 4.78 is 94.4. The molecule has 0 saturated carbocycles. The maximum atomic E-state index is 9.70. The molecule has 1 aliphatic rings. The molecule has 3 heterocycles. The van der Waals surface area contributed by atoms with Crippen LogP contribution >= 0.6 is 0 Å². The lowest BCUT2D eigenvalue weighted by Gasteiger charge is -2.42. The van der Waals surface area contributed by atoms with E-state index < -0.39 is 24.2 Å². The van der Waals surface area contributed by atoms with Crippen LogP contribution in [-0.4, -0.2) is 9.13 Å². The van der Waals surface area contributed by atoms with Gasteiger partial charge in [-0.15, -0.1) is 0 Å². The first-order chi connectivity index (χ1) is 27.8. The fraction of sp³-hybridized carbons (Fsp3) is 0.0667. The highest BCUT2D eigenvalue weighted by Gasteiger charge is 2.36. The second-order valence-electron chi connectivity index (χ2n) is 12.7. The molecule has 0 spiro atoms. The number of benzene rings is 7. The number of rotatable bonds is 3. The number of nitrogens with zero attached hydrogens (tertiary/aromatic N) is 3. The minimum Gasteiger partial charge on any atom is -0.310 e. The molecule has 0 fully saturated rings. The summed E-state index contributed by atoms with van der Waals surface area (Å²) in [6, 6.07) is 29.1. The Kier molecular flexibility index (Phi) is 3.93. The second-order valence-corrected chi connectivity index (χ2v) is 12.7. The molecule has 0 atom stereocenters. The number of hydrogen-bond acceptors (Lipinski definition) is 1. The van der Waals surface area contributed by atoms with E-state index in [0.717, 1.165) is 28.2 Å². The lowest BCUT2D eigenvalue weighted by Crippen LogP contribution is -2.30. The van der Waals surface area contributed by atoms with Gasteiger partial charge in [0.05, 0.1) is 47.1 Å². The fourth-order valence-electron chi connectivity index (χ4n) is 7.63. The first kappa shape index (κ1) is 18.9. The SMILES string of the molecule is [2H]c1c([2H])c([2H])c2c(c1[2H])c1c(c([2H])c([2H])c3c4c([2H])c([2H])c([2H])c([2H])c4n(-c4ccccc4)c31)n2-c1cccc(N2c3ccccc3C(C)(C)c3ccccc32)c1. The van der Waals surface area contributed by atoms with Gasteiger partial charge in [0.1, 0.15) is 0 Å². The zero-order valence-electron chi connectivity index (χ0n) is 36.2. The van der Waals surface area contributed by atoms with Crippen molar-refractivity contribution in [1.29, 1.82) is 0 Å². The molecule has 0 unspecified atom stereocenters. The quantitative estimate of drug-likeness (QED) is 0.190. The third-order valence-corrected chi connectivity index (χ3v) is 9.74. The summed E-state index contributed by atoms with van der Waals surface area (Å²) in [7, 11) is 0. The van der Waals surface area contributed by atoms with Crippen LogP contribution in [0.4, 0.5) is 17.1 Å². The van der Waals surface area contributed by atoms with E-state index in [1.54, 1.807) is 33.4 Å². The molecular formula is C45H33N3. The molecule has 0 N–H and O–H groups in total. The van der Waals surface area contributed by atoms with Crippen LogP contribution in [0, 0.1) is 0 Å². The Balaban J connectivity index is 1.41. The fourth-order valence-corrected chi connectivity index (χ4v) is 7.63. The van der Waals surface area contributed by atoms with Crippen molar-refractivity contribution in [1.82, 2.24) is 9.13 Å². The van der Waals surface area contributed by atoms with E-state index in [9.17, 15) is 5.48 Å². The molecular weight excluding hydrogens is 583 g/mol. The Hall–Kier alpha value is -6.06. The normalized spacial score (nSPS) is 16.7. The average Bonchev–Trinajstić information content (AvgIpc) is 3.78. The van der Waals surface area contributed by atoms with Gasteiger partial charge in [0.25, 0.3) is 0 Å². The summed E-state index contributed by atoms with van der Waals surface area (Å²) in [5.41, 5.74) is 6.28. The maximum absolute atomic E-state index is 9.70. The van der Waals surface area contributed by atoms with Gasteiger partial charge < -0.3 is 14.0 Å². The zero-order valence-corrected chi connectivity index (χ0v) is 26.2. The van der Waals surface area contributed by atoms with Crippen LogP contribution in [0.2, 0.25) is 0 Å². The Morgan fingerprint density at radius 2 is 1.06 bits per heavy atom. The molecule has 10 rings (SSSR count). The van der Waals surface area contributed by atoms with Crippen molar-refractivity contribution in [2.45, 2.75) is 19.3 Å². The van der Waals surface area contributed by atoms with Crippen LogP contribution in [0.25, 0.3) is 55.0 Å². The van der Waals surface area contributed by atoms with E-state index in [2.05, 4.69) is 43.0 Å². The number of fused-ring (bicyclic) bond motifs is 9. The third kappa shape index (κ3) is 3.64. The van der Waals surface area contributed by atoms with E-state index in [-0.39, 0.29) is 85.3 Å². The highest BCUT2D eigenvalue weighted by Crippen LogP contribution is 2.52. The van der Waals surface area contributed by atoms with Gasteiger partial charge >= 0.3 is 0 Å². The van der Waals surface area contributed by atoms with Gasteiger partial charge in [-0.1, -0.05) is 117 Å². The molecule has 0 bridgehead atoms. The second kappa shape index (κ2) is 9.97. The van der Waals surface area contributed by atoms with E-state index in [0.29, 0.717) is 11.4 Å². The van der Waals surface area contributed by atoms with Gasteiger partial charge in [0, 0.05) is 44.0 Å². The van der Waals surface area contributed by atoms with Gasteiger partial charge in [-0.2, -0.15) is 0 Å². The standard InChI is InChI=1S/C45H33N3/c1-45(2)36-21-8-12-25-40(36)47(41-26-13-9-22-37(41)45)32-18-14-17-31(29-32)46-39-24-11-7-20-35(39)43-42(46)28-27-34-33-19-6-10-23-38(33)48(44(34)43)30-15-4-3-5-16-30/h3-29H,1-2H3/i6D,7D,10D,11D,19D,20D,23D,24D,27D,28D. The van der Waals surface area contributed by atoms with Crippen LogP contribution in [-0.2, 0) is 5.41 Å². The molecule has 3 heteroatoms. The van der Waals surface area contributed by atoms with E-state index in [1.165, 1.54) is 0 Å². The van der Waals surface area contributed by atoms with Crippen LogP contribution < -0.4 is 4.90 Å². The predicted molar refractivity (Wildman–Crippen MR) is 202 cm³/mol. The Morgan fingerprint density at radius 3 is 1.79 bits per heavy atom. The first-order valence-electron chi connectivity index (χ1n) is 20.9. The number of hydrogen-bond donors (Lipinski definition) is 0. The van der Waals surface area contributed by atoms with Gasteiger partial charge in [-0.25, -0.2) is 0 Å². The smallest absolute Gasteiger partial charge is 0.0645 e. The van der Waals surface area contributed by atoms with Crippen molar-refractivity contribution < 1.29 is 13.7 Å². The van der Waals surface area contributed by atoms with Gasteiger partial charge in [-0.3, -0.25) is 0 Å². The molecule has 2 aromatic heterocycles. The average molecular weight is 626 g/mol. The lowest BCUT2D eigenvalue weighted by molar-refractivity contribution is 0.632. The molecule has 0 saturated heterocycles. The number of aromatic nitrogens is 2. The third-order valence-electron chi connectivity index (χ3n) is 9.74. The molecule has 48 heavy (non-hydrogen) atoms. The van der Waals surface area contributed by atoms with Crippen molar-refractivity contribution in [3.63, 3.8) is 0 Å². The molecule has 7 aromatic carbocycles. The Labute approximate surface area is 293 Å². The van der Waals surface area contributed by atoms with Crippen molar-refractivity contribution in [3.05, 3.63) is 175 Å². The summed E-state index contributed by atoms with van der Waals surface area (Å²) in [5, 5.41) is 0.485. The monoisotopic (exact) mass is 625 g/mol. The van der Waals surface area contributed by atoms with Gasteiger partial charge in [-0.05, 0) is 71.7 Å². The van der Waals surface area contributed by atoms with E-state index >= 15 is 0 Å². The Bertz CT molecular complexity index is 3230. The molecule has 1 aliphatic heterocycles. The summed E-state index contributed by atoms with van der Waals surface area (Å²) >= 11 is 0. The summed E-state index contributed by atoms with van der Waals surface area (Å²) in [6.07, 6.45) is 0. The van der Waals surface area contributed by atoms with Crippen molar-refractivity contribution in [3.8, 4) is 11.4 Å². The van der Waals surface area contributed by atoms with Crippen molar-refractivity contribution >= 4 is 60.7 Å². The highest BCUT2D eigenvalue weighted by atomic mass is 15.2. The minimum atomic E-state index is -0.485. The molecule has 0 radical (unpaired) electrons. The summed E-state index contributed by atoms with van der Waals surface area (Å²) in [4.78, 5) is 2.17. The molecule has 9 aromatic rings. The lowest BCUT2D eigenvalue weighted by atomic mass is 9.73. The van der Waals surface area contributed by atoms with Crippen molar-refractivity contribution in [2.75, 3.05) is 4.90 Å². The predicted octanol–water partition coefficient (Wildman–Crippen LogP) is 12.0. The van der Waals surface area contributed by atoms with Crippen LogP contribution in [0.5, 0.6) is 0 Å². The summed E-state index contributed by atoms with van der Waals surface area (Å²) in [5.74, 6) is 0. The molecule has 3 nitrogen and oxygen atoms in total. The minimum absolute atomic E-state index is 0.0549. The van der Waals surface area contributed by atoms with Crippen LogP contribution in [0.1, 0.15) is 38.7 Å². The topological polar surface area (TPSA) is 13.1 Å². The largest absolute Gasteiger partial charge is 0.310 e. The van der Waals surface area contributed by atoms with Crippen LogP contribution in [0.15, 0.2) is 164 Å². The van der Waals surface area contributed by atoms with Gasteiger partial charge in [0.2, 0.25) is 0 Å².